The highest BCUT2D eigenvalue weighted by Gasteiger charge is 2.33. The third-order valence-electron chi connectivity index (χ3n) is 5.59. The first-order valence-electron chi connectivity index (χ1n) is 12.0. The summed E-state index contributed by atoms with van der Waals surface area (Å²) in [6, 6.07) is 10.9. The second-order valence-corrected chi connectivity index (χ2v) is 10.4. The number of alkyl halides is 6. The summed E-state index contributed by atoms with van der Waals surface area (Å²) in [6.07, 6.45) is -8.93. The standard InChI is InChI=1S/C27H28F6N2O3S/c1-5-37-24(36)25(3,4)38-21-12-6-18(7-13-21)14-35(16-26(28,29)30)15-22-17(2)34-23(39-22)19-8-10-20(11-9-19)27(31,32)33/h6-13H,5,14-16H2,1-4H3. The van der Waals surface area contributed by atoms with Gasteiger partial charge in [0.1, 0.15) is 10.8 Å². The molecule has 0 fully saturated rings. The highest BCUT2D eigenvalue weighted by molar-refractivity contribution is 7.15. The SMILES string of the molecule is CCOC(=O)C(C)(C)Oc1ccc(CN(Cc2sc(-c3ccc(C(F)(F)F)cc3)nc2C)CC(F)(F)F)cc1. The summed E-state index contributed by atoms with van der Waals surface area (Å²) in [5.74, 6) is -0.181. The Morgan fingerprint density at radius 2 is 1.56 bits per heavy atom. The largest absolute Gasteiger partial charge is 0.476 e. The van der Waals surface area contributed by atoms with Gasteiger partial charge in [0.25, 0.3) is 0 Å². The Hall–Kier alpha value is -3.12. The molecule has 0 aliphatic rings. The lowest BCUT2D eigenvalue weighted by atomic mass is 10.1. The number of benzene rings is 2. The highest BCUT2D eigenvalue weighted by Crippen LogP contribution is 2.34. The van der Waals surface area contributed by atoms with E-state index in [1.807, 2.05) is 0 Å². The molecule has 0 atom stereocenters. The van der Waals surface area contributed by atoms with Gasteiger partial charge in [0.15, 0.2) is 5.60 Å². The van der Waals surface area contributed by atoms with Gasteiger partial charge in [0.05, 0.1) is 24.4 Å². The zero-order chi connectivity index (χ0) is 29.0. The zero-order valence-electron chi connectivity index (χ0n) is 21.7. The van der Waals surface area contributed by atoms with Crippen molar-refractivity contribution in [3.8, 4) is 16.3 Å². The predicted octanol–water partition coefficient (Wildman–Crippen LogP) is 7.42. The molecule has 0 aliphatic carbocycles. The Morgan fingerprint density at radius 3 is 2.10 bits per heavy atom. The van der Waals surface area contributed by atoms with Crippen molar-refractivity contribution in [1.29, 1.82) is 0 Å². The Labute approximate surface area is 226 Å². The lowest BCUT2D eigenvalue weighted by Crippen LogP contribution is -2.39. The van der Waals surface area contributed by atoms with Crippen LogP contribution in [0.5, 0.6) is 5.75 Å². The number of ether oxygens (including phenoxy) is 2. The van der Waals surface area contributed by atoms with E-state index in [2.05, 4.69) is 4.98 Å². The van der Waals surface area contributed by atoms with E-state index >= 15 is 0 Å². The Kier molecular flexibility index (Phi) is 9.32. The van der Waals surface area contributed by atoms with E-state index in [1.54, 1.807) is 52.0 Å². The fourth-order valence-electron chi connectivity index (χ4n) is 3.69. The van der Waals surface area contributed by atoms with Gasteiger partial charge in [0.2, 0.25) is 0 Å². The number of thiazole rings is 1. The van der Waals surface area contributed by atoms with Gasteiger partial charge in [-0.3, -0.25) is 4.90 Å². The Bertz CT molecular complexity index is 1250. The number of carbonyl (C=O) groups is 1. The van der Waals surface area contributed by atoms with Gasteiger partial charge < -0.3 is 9.47 Å². The average molecular weight is 575 g/mol. The summed E-state index contributed by atoms with van der Waals surface area (Å²) >= 11 is 1.14. The van der Waals surface area contributed by atoms with Crippen LogP contribution in [-0.2, 0) is 28.8 Å². The van der Waals surface area contributed by atoms with Gasteiger partial charge in [-0.15, -0.1) is 11.3 Å². The fourth-order valence-corrected chi connectivity index (χ4v) is 4.80. The number of nitrogens with zero attached hydrogens (tertiary/aromatic N) is 2. The van der Waals surface area contributed by atoms with Gasteiger partial charge in [-0.05, 0) is 57.5 Å². The first-order valence-corrected chi connectivity index (χ1v) is 12.8. The Morgan fingerprint density at radius 1 is 0.949 bits per heavy atom. The number of hydrogen-bond acceptors (Lipinski definition) is 6. The molecule has 0 amide bonds. The van der Waals surface area contributed by atoms with E-state index in [4.69, 9.17) is 9.47 Å². The smallest absolute Gasteiger partial charge is 0.416 e. The number of rotatable bonds is 10. The minimum atomic E-state index is -4.47. The summed E-state index contributed by atoms with van der Waals surface area (Å²) < 4.78 is 89.5. The molecule has 1 aromatic heterocycles. The molecular weight excluding hydrogens is 546 g/mol. The van der Waals surface area contributed by atoms with Crippen LogP contribution in [0.3, 0.4) is 0 Å². The summed E-state index contributed by atoms with van der Waals surface area (Å²) in [5, 5.41) is 0.425. The molecule has 0 radical (unpaired) electrons. The maximum Gasteiger partial charge on any atom is 0.416 e. The van der Waals surface area contributed by atoms with Crippen LogP contribution in [0.15, 0.2) is 48.5 Å². The molecule has 39 heavy (non-hydrogen) atoms. The highest BCUT2D eigenvalue weighted by atomic mass is 32.1. The normalized spacial score (nSPS) is 12.6. The van der Waals surface area contributed by atoms with Crippen LogP contribution in [0, 0.1) is 6.92 Å². The third kappa shape index (κ3) is 8.69. The number of hydrogen-bond donors (Lipinski definition) is 0. The molecule has 212 valence electrons. The molecule has 1 heterocycles. The van der Waals surface area contributed by atoms with Crippen molar-refractivity contribution in [3.05, 3.63) is 70.2 Å². The minimum absolute atomic E-state index is 0.0337. The first-order chi connectivity index (χ1) is 18.1. The van der Waals surface area contributed by atoms with Crippen molar-refractivity contribution in [2.45, 2.75) is 58.7 Å². The molecule has 2 aromatic carbocycles. The van der Waals surface area contributed by atoms with E-state index in [0.29, 0.717) is 32.5 Å². The van der Waals surface area contributed by atoms with E-state index in [1.165, 1.54) is 17.0 Å². The van der Waals surface area contributed by atoms with E-state index in [-0.39, 0.29) is 19.7 Å². The van der Waals surface area contributed by atoms with Crippen molar-refractivity contribution in [2.75, 3.05) is 13.2 Å². The van der Waals surface area contributed by atoms with Gasteiger partial charge in [-0.1, -0.05) is 24.3 Å². The lowest BCUT2D eigenvalue weighted by molar-refractivity contribution is -0.158. The molecule has 0 unspecified atom stereocenters. The topological polar surface area (TPSA) is 51.7 Å². The van der Waals surface area contributed by atoms with Crippen LogP contribution in [-0.4, -0.2) is 40.8 Å². The molecule has 3 aromatic rings. The van der Waals surface area contributed by atoms with Gasteiger partial charge in [0, 0.05) is 23.5 Å². The minimum Gasteiger partial charge on any atom is -0.476 e. The van der Waals surface area contributed by atoms with Crippen molar-refractivity contribution < 1.29 is 40.6 Å². The number of aromatic nitrogens is 1. The van der Waals surface area contributed by atoms with E-state index < -0.39 is 36.0 Å². The molecular formula is C27H28F6N2O3S. The van der Waals surface area contributed by atoms with Gasteiger partial charge >= 0.3 is 18.3 Å². The van der Waals surface area contributed by atoms with Crippen molar-refractivity contribution in [3.63, 3.8) is 0 Å². The molecule has 0 N–H and O–H groups in total. The maximum atomic E-state index is 13.4. The molecule has 0 spiro atoms. The van der Waals surface area contributed by atoms with Crippen LogP contribution in [0.1, 0.15) is 42.5 Å². The van der Waals surface area contributed by atoms with Crippen LogP contribution in [0.4, 0.5) is 26.3 Å². The molecule has 5 nitrogen and oxygen atoms in total. The average Bonchev–Trinajstić information content (AvgIpc) is 3.19. The molecule has 0 saturated carbocycles. The molecule has 3 rings (SSSR count). The van der Waals surface area contributed by atoms with Crippen LogP contribution >= 0.6 is 11.3 Å². The maximum absolute atomic E-state index is 13.4. The third-order valence-corrected chi connectivity index (χ3v) is 6.78. The van der Waals surface area contributed by atoms with Crippen molar-refractivity contribution >= 4 is 17.3 Å². The summed E-state index contributed by atoms with van der Waals surface area (Å²) in [6.45, 7) is 5.38. The monoisotopic (exact) mass is 574 g/mol. The zero-order valence-corrected chi connectivity index (χ0v) is 22.6. The number of esters is 1. The van der Waals surface area contributed by atoms with E-state index in [9.17, 15) is 31.1 Å². The lowest BCUT2D eigenvalue weighted by Gasteiger charge is -2.25. The summed E-state index contributed by atoms with van der Waals surface area (Å²) in [7, 11) is 0. The molecule has 0 aliphatic heterocycles. The summed E-state index contributed by atoms with van der Waals surface area (Å²) in [4.78, 5) is 18.2. The summed E-state index contributed by atoms with van der Waals surface area (Å²) in [5.41, 5.74) is -0.491. The van der Waals surface area contributed by atoms with Crippen LogP contribution < -0.4 is 4.74 Å². The number of carbonyl (C=O) groups excluding carboxylic acids is 1. The van der Waals surface area contributed by atoms with E-state index in [0.717, 1.165) is 23.5 Å². The van der Waals surface area contributed by atoms with Gasteiger partial charge in [-0.25, -0.2) is 9.78 Å². The number of aryl methyl sites for hydroxylation is 1. The second kappa shape index (κ2) is 12.0. The molecule has 12 heteroatoms. The first kappa shape index (κ1) is 30.4. The molecule has 0 bridgehead atoms. The van der Waals surface area contributed by atoms with Crippen LogP contribution in [0.2, 0.25) is 0 Å². The van der Waals surface area contributed by atoms with Gasteiger partial charge in [-0.2, -0.15) is 26.3 Å². The predicted molar refractivity (Wildman–Crippen MR) is 135 cm³/mol. The fraction of sp³-hybridized carbons (Fsp3) is 0.407. The quantitative estimate of drug-likeness (QED) is 0.186. The number of halogens is 6. The van der Waals surface area contributed by atoms with Crippen molar-refractivity contribution in [2.24, 2.45) is 0 Å². The van der Waals surface area contributed by atoms with Crippen LogP contribution in [0.25, 0.3) is 10.6 Å². The second-order valence-electron chi connectivity index (χ2n) is 9.34. The Balaban J connectivity index is 1.75. The van der Waals surface area contributed by atoms with Crippen molar-refractivity contribution in [1.82, 2.24) is 9.88 Å². The molecule has 0 saturated heterocycles.